The highest BCUT2D eigenvalue weighted by Gasteiger charge is 2.32. The summed E-state index contributed by atoms with van der Waals surface area (Å²) in [5.41, 5.74) is 2.98. The minimum atomic E-state index is -0.238. The van der Waals surface area contributed by atoms with Crippen molar-refractivity contribution in [1.82, 2.24) is 14.5 Å². The summed E-state index contributed by atoms with van der Waals surface area (Å²) in [6.45, 7) is 3.00. The molecule has 0 spiro atoms. The molecule has 1 aromatic heterocycles. The summed E-state index contributed by atoms with van der Waals surface area (Å²) in [5.74, 6) is 0.763. The Morgan fingerprint density at radius 3 is 2.72 bits per heavy atom. The van der Waals surface area contributed by atoms with Crippen molar-refractivity contribution in [2.24, 2.45) is 0 Å². The number of rotatable bonds is 3. The molecule has 25 heavy (non-hydrogen) atoms. The molecule has 3 aromatic rings. The zero-order chi connectivity index (χ0) is 17.4. The summed E-state index contributed by atoms with van der Waals surface area (Å²) in [6, 6.07) is 14.6. The molecule has 0 aliphatic carbocycles. The molecule has 1 atom stereocenters. The van der Waals surface area contributed by atoms with Gasteiger partial charge >= 0.3 is 0 Å². The van der Waals surface area contributed by atoms with Crippen molar-refractivity contribution in [3.05, 3.63) is 65.7 Å². The standard InChI is InChI=1S/C20H20FN3O/c1-14(25)23-12-4-7-19(23)20-22-17-5-2-3-6-18(17)24(20)13-15-8-10-16(21)11-9-15/h2-3,5-6,8-11,19H,4,7,12-13H2,1H3/t19-/m0/s1. The third-order valence-corrected chi connectivity index (χ3v) is 4.89. The first-order valence-corrected chi connectivity index (χ1v) is 8.60. The van der Waals surface area contributed by atoms with E-state index in [0.717, 1.165) is 41.8 Å². The monoisotopic (exact) mass is 337 g/mol. The van der Waals surface area contributed by atoms with Gasteiger partial charge in [0.2, 0.25) is 5.91 Å². The predicted octanol–water partition coefficient (Wildman–Crippen LogP) is 3.91. The molecule has 0 saturated carbocycles. The maximum Gasteiger partial charge on any atom is 0.220 e. The van der Waals surface area contributed by atoms with Gasteiger partial charge in [0.15, 0.2) is 0 Å². The number of likely N-dealkylation sites (tertiary alicyclic amines) is 1. The van der Waals surface area contributed by atoms with Gasteiger partial charge in [-0.05, 0) is 42.7 Å². The Morgan fingerprint density at radius 1 is 1.20 bits per heavy atom. The number of hydrogen-bond donors (Lipinski definition) is 0. The van der Waals surface area contributed by atoms with E-state index in [-0.39, 0.29) is 17.8 Å². The molecular formula is C20H20FN3O. The molecule has 128 valence electrons. The topological polar surface area (TPSA) is 38.1 Å². The van der Waals surface area contributed by atoms with Crippen molar-refractivity contribution in [2.75, 3.05) is 6.54 Å². The van der Waals surface area contributed by atoms with Crippen molar-refractivity contribution < 1.29 is 9.18 Å². The number of halogens is 1. The second-order valence-electron chi connectivity index (χ2n) is 6.54. The van der Waals surface area contributed by atoms with Crippen molar-refractivity contribution >= 4 is 16.9 Å². The predicted molar refractivity (Wildman–Crippen MR) is 94.6 cm³/mol. The molecule has 1 aliphatic heterocycles. The number of nitrogens with zero attached hydrogens (tertiary/aromatic N) is 3. The van der Waals surface area contributed by atoms with E-state index >= 15 is 0 Å². The number of benzene rings is 2. The first-order valence-electron chi connectivity index (χ1n) is 8.60. The van der Waals surface area contributed by atoms with E-state index < -0.39 is 0 Å². The Balaban J connectivity index is 1.80. The van der Waals surface area contributed by atoms with Crippen molar-refractivity contribution in [3.63, 3.8) is 0 Å². The van der Waals surface area contributed by atoms with E-state index in [1.54, 1.807) is 19.1 Å². The number of hydrogen-bond acceptors (Lipinski definition) is 2. The van der Waals surface area contributed by atoms with E-state index in [1.165, 1.54) is 12.1 Å². The highest BCUT2D eigenvalue weighted by molar-refractivity contribution is 5.77. The molecule has 4 nitrogen and oxygen atoms in total. The van der Waals surface area contributed by atoms with Crippen molar-refractivity contribution in [3.8, 4) is 0 Å². The first-order chi connectivity index (χ1) is 12.1. The van der Waals surface area contributed by atoms with E-state index in [9.17, 15) is 9.18 Å². The molecule has 5 heteroatoms. The lowest BCUT2D eigenvalue weighted by molar-refractivity contribution is -0.129. The fraction of sp³-hybridized carbons (Fsp3) is 0.300. The summed E-state index contributed by atoms with van der Waals surface area (Å²) in [7, 11) is 0. The van der Waals surface area contributed by atoms with Crippen molar-refractivity contribution in [1.29, 1.82) is 0 Å². The maximum atomic E-state index is 13.2. The van der Waals surface area contributed by atoms with Gasteiger partial charge < -0.3 is 9.47 Å². The molecule has 0 bridgehead atoms. The fourth-order valence-electron chi connectivity index (χ4n) is 3.70. The Kier molecular flexibility index (Phi) is 3.99. The van der Waals surface area contributed by atoms with Crippen LogP contribution in [0.2, 0.25) is 0 Å². The largest absolute Gasteiger partial charge is 0.333 e. The number of fused-ring (bicyclic) bond motifs is 1. The van der Waals surface area contributed by atoms with Crippen LogP contribution < -0.4 is 0 Å². The molecular weight excluding hydrogens is 317 g/mol. The number of carbonyl (C=O) groups excluding carboxylic acids is 1. The van der Waals surface area contributed by atoms with E-state index in [2.05, 4.69) is 4.57 Å². The van der Waals surface area contributed by atoms with E-state index in [0.29, 0.717) is 6.54 Å². The van der Waals surface area contributed by atoms with Crippen LogP contribution >= 0.6 is 0 Å². The van der Waals surface area contributed by atoms with Crippen LogP contribution in [0, 0.1) is 5.82 Å². The van der Waals surface area contributed by atoms with Crippen LogP contribution in [0.1, 0.15) is 37.2 Å². The normalized spacial score (nSPS) is 17.4. The van der Waals surface area contributed by atoms with Gasteiger partial charge in [0.25, 0.3) is 0 Å². The molecule has 4 rings (SSSR count). The number of amides is 1. The molecule has 1 saturated heterocycles. The highest BCUT2D eigenvalue weighted by atomic mass is 19.1. The summed E-state index contributed by atoms with van der Waals surface area (Å²) >= 11 is 0. The van der Waals surface area contributed by atoms with Gasteiger partial charge in [0.1, 0.15) is 11.6 Å². The Hall–Kier alpha value is -2.69. The van der Waals surface area contributed by atoms with Gasteiger partial charge in [-0.15, -0.1) is 0 Å². The average molecular weight is 337 g/mol. The Labute approximate surface area is 145 Å². The number of aromatic nitrogens is 2. The van der Waals surface area contributed by atoms with Crippen LogP contribution in [0.5, 0.6) is 0 Å². The lowest BCUT2D eigenvalue weighted by atomic mass is 10.2. The zero-order valence-electron chi connectivity index (χ0n) is 14.2. The summed E-state index contributed by atoms with van der Waals surface area (Å²) in [6.07, 6.45) is 1.91. The third-order valence-electron chi connectivity index (χ3n) is 4.89. The van der Waals surface area contributed by atoms with Crippen LogP contribution in [-0.2, 0) is 11.3 Å². The lowest BCUT2D eigenvalue weighted by Crippen LogP contribution is -2.30. The summed E-state index contributed by atoms with van der Waals surface area (Å²) in [4.78, 5) is 18.7. The fourth-order valence-corrected chi connectivity index (χ4v) is 3.70. The zero-order valence-corrected chi connectivity index (χ0v) is 14.2. The molecule has 0 unspecified atom stereocenters. The van der Waals surface area contributed by atoms with E-state index in [4.69, 9.17) is 4.98 Å². The Bertz CT molecular complexity index is 916. The summed E-state index contributed by atoms with van der Waals surface area (Å²) < 4.78 is 15.4. The molecule has 2 aromatic carbocycles. The summed E-state index contributed by atoms with van der Waals surface area (Å²) in [5, 5.41) is 0. The quantitative estimate of drug-likeness (QED) is 0.727. The third kappa shape index (κ3) is 2.90. The molecule has 0 radical (unpaired) electrons. The highest BCUT2D eigenvalue weighted by Crippen LogP contribution is 2.33. The van der Waals surface area contributed by atoms with Gasteiger partial charge in [0, 0.05) is 20.0 Å². The van der Waals surface area contributed by atoms with E-state index in [1.807, 2.05) is 29.2 Å². The van der Waals surface area contributed by atoms with Crippen LogP contribution in [0.4, 0.5) is 4.39 Å². The van der Waals surface area contributed by atoms with Gasteiger partial charge in [-0.1, -0.05) is 24.3 Å². The maximum absolute atomic E-state index is 13.2. The second-order valence-corrected chi connectivity index (χ2v) is 6.54. The molecule has 1 fully saturated rings. The van der Waals surface area contributed by atoms with Crippen molar-refractivity contribution in [2.45, 2.75) is 32.4 Å². The lowest BCUT2D eigenvalue weighted by Gasteiger charge is -2.24. The van der Waals surface area contributed by atoms with Crippen LogP contribution in [-0.4, -0.2) is 26.9 Å². The van der Waals surface area contributed by atoms with Crippen LogP contribution in [0.3, 0.4) is 0 Å². The van der Waals surface area contributed by atoms with Crippen LogP contribution in [0.25, 0.3) is 11.0 Å². The van der Waals surface area contributed by atoms with Gasteiger partial charge in [0.05, 0.1) is 17.1 Å². The van der Waals surface area contributed by atoms with Gasteiger partial charge in [-0.2, -0.15) is 0 Å². The minimum absolute atomic E-state index is 0.00495. The molecule has 1 amide bonds. The molecule has 0 N–H and O–H groups in total. The smallest absolute Gasteiger partial charge is 0.220 e. The minimum Gasteiger partial charge on any atom is -0.333 e. The average Bonchev–Trinajstić information content (AvgIpc) is 3.22. The second kappa shape index (κ2) is 6.31. The molecule has 1 aliphatic rings. The number of para-hydroxylation sites is 2. The SMILES string of the molecule is CC(=O)N1CCC[C@H]1c1nc2ccccc2n1Cc1ccc(F)cc1. The molecule has 2 heterocycles. The number of imidazole rings is 1. The van der Waals surface area contributed by atoms with Crippen LogP contribution in [0.15, 0.2) is 48.5 Å². The number of carbonyl (C=O) groups is 1. The van der Waals surface area contributed by atoms with Gasteiger partial charge in [-0.3, -0.25) is 4.79 Å². The Morgan fingerprint density at radius 2 is 1.96 bits per heavy atom. The first kappa shape index (κ1) is 15.8. The van der Waals surface area contributed by atoms with Gasteiger partial charge in [-0.25, -0.2) is 9.37 Å².